The second-order valence-corrected chi connectivity index (χ2v) is 4.34. The van der Waals surface area contributed by atoms with E-state index in [1.54, 1.807) is 36.5 Å². The number of rotatable bonds is 1. The summed E-state index contributed by atoms with van der Waals surface area (Å²) in [6.07, 6.45) is 1.63. The Labute approximate surface area is 109 Å². The first kappa shape index (κ1) is 11.3. The summed E-state index contributed by atoms with van der Waals surface area (Å²) in [7, 11) is 0. The van der Waals surface area contributed by atoms with Gasteiger partial charge in [0.15, 0.2) is 0 Å². The Bertz CT molecular complexity index is 748. The van der Waals surface area contributed by atoms with Crippen LogP contribution in [-0.4, -0.2) is 20.3 Å². The van der Waals surface area contributed by atoms with Crippen LogP contribution in [0, 0.1) is 0 Å². The summed E-state index contributed by atoms with van der Waals surface area (Å²) >= 11 is 0. The smallest absolute Gasteiger partial charge is 0.119 e. The number of aromatic nitrogens is 1. The van der Waals surface area contributed by atoms with E-state index in [1.165, 1.54) is 6.07 Å². The van der Waals surface area contributed by atoms with E-state index in [9.17, 15) is 15.3 Å². The van der Waals surface area contributed by atoms with Crippen molar-refractivity contribution < 1.29 is 15.3 Å². The van der Waals surface area contributed by atoms with Gasteiger partial charge in [-0.1, -0.05) is 0 Å². The first-order valence-electron chi connectivity index (χ1n) is 5.74. The van der Waals surface area contributed by atoms with Crippen LogP contribution in [0.3, 0.4) is 0 Å². The van der Waals surface area contributed by atoms with E-state index in [0.29, 0.717) is 11.1 Å². The van der Waals surface area contributed by atoms with Crippen LogP contribution in [0.1, 0.15) is 0 Å². The Balaban J connectivity index is 2.17. The number of pyridine rings is 1. The van der Waals surface area contributed by atoms with Crippen molar-refractivity contribution in [3.63, 3.8) is 0 Å². The maximum Gasteiger partial charge on any atom is 0.119 e. The van der Waals surface area contributed by atoms with E-state index < -0.39 is 0 Å². The molecule has 2 aromatic carbocycles. The molecule has 0 bridgehead atoms. The molecule has 0 spiro atoms. The molecule has 3 rings (SSSR count). The Morgan fingerprint density at radius 3 is 2.16 bits per heavy atom. The highest BCUT2D eigenvalue weighted by molar-refractivity contribution is 5.84. The van der Waals surface area contributed by atoms with Gasteiger partial charge in [-0.25, -0.2) is 0 Å². The van der Waals surface area contributed by atoms with Crippen molar-refractivity contribution in [3.8, 4) is 28.4 Å². The quantitative estimate of drug-likeness (QED) is 0.623. The van der Waals surface area contributed by atoms with Gasteiger partial charge in [-0.15, -0.1) is 0 Å². The number of fused-ring (bicyclic) bond motifs is 1. The summed E-state index contributed by atoms with van der Waals surface area (Å²) in [5.74, 6) is 0.171. The molecule has 4 nitrogen and oxygen atoms in total. The van der Waals surface area contributed by atoms with Gasteiger partial charge in [0.05, 0.1) is 5.52 Å². The lowest BCUT2D eigenvalue weighted by Gasteiger charge is -2.05. The molecule has 0 atom stereocenters. The zero-order chi connectivity index (χ0) is 13.4. The standard InChI is InChI=1S/C15H11NO3/c17-12-2-1-9-3-11(8-16-15(9)7-12)10-4-13(18)6-14(19)5-10/h1-8,17-19H. The van der Waals surface area contributed by atoms with Crippen molar-refractivity contribution in [2.75, 3.05) is 0 Å². The van der Waals surface area contributed by atoms with Crippen LogP contribution >= 0.6 is 0 Å². The highest BCUT2D eigenvalue weighted by Gasteiger charge is 2.04. The van der Waals surface area contributed by atoms with Crippen LogP contribution in [0.15, 0.2) is 48.7 Å². The fourth-order valence-electron chi connectivity index (χ4n) is 2.03. The second-order valence-electron chi connectivity index (χ2n) is 4.34. The minimum absolute atomic E-state index is 0.000744. The summed E-state index contributed by atoms with van der Waals surface area (Å²) in [6.45, 7) is 0. The van der Waals surface area contributed by atoms with Crippen LogP contribution in [0.2, 0.25) is 0 Å². The Hall–Kier alpha value is -2.75. The molecule has 0 amide bonds. The monoisotopic (exact) mass is 253 g/mol. The molecule has 0 aliphatic heterocycles. The van der Waals surface area contributed by atoms with Crippen molar-refractivity contribution >= 4 is 10.9 Å². The number of nitrogens with zero attached hydrogens (tertiary/aromatic N) is 1. The molecule has 4 heteroatoms. The molecular weight excluding hydrogens is 242 g/mol. The number of hydrogen-bond donors (Lipinski definition) is 3. The number of hydrogen-bond acceptors (Lipinski definition) is 4. The average Bonchev–Trinajstić information content (AvgIpc) is 2.37. The largest absolute Gasteiger partial charge is 0.508 e. The van der Waals surface area contributed by atoms with Gasteiger partial charge >= 0.3 is 0 Å². The second kappa shape index (κ2) is 4.17. The first-order valence-corrected chi connectivity index (χ1v) is 5.74. The lowest BCUT2D eigenvalue weighted by Crippen LogP contribution is -1.83. The van der Waals surface area contributed by atoms with Crippen LogP contribution in [0.25, 0.3) is 22.0 Å². The molecule has 0 aliphatic carbocycles. The molecule has 0 saturated heterocycles. The van der Waals surface area contributed by atoms with Gasteiger partial charge in [0.25, 0.3) is 0 Å². The van der Waals surface area contributed by atoms with Crippen molar-refractivity contribution in [2.45, 2.75) is 0 Å². The van der Waals surface area contributed by atoms with Crippen molar-refractivity contribution in [3.05, 3.63) is 48.7 Å². The number of phenols is 3. The topological polar surface area (TPSA) is 73.6 Å². The fourth-order valence-corrected chi connectivity index (χ4v) is 2.03. The minimum Gasteiger partial charge on any atom is -0.508 e. The van der Waals surface area contributed by atoms with Gasteiger partial charge in [0.1, 0.15) is 17.2 Å². The lowest BCUT2D eigenvalue weighted by atomic mass is 10.0. The number of phenolic OH excluding ortho intramolecular Hbond substituents is 3. The van der Waals surface area contributed by atoms with Crippen LogP contribution in [0.5, 0.6) is 17.2 Å². The van der Waals surface area contributed by atoms with Gasteiger partial charge in [-0.3, -0.25) is 4.98 Å². The molecule has 0 radical (unpaired) electrons. The van der Waals surface area contributed by atoms with E-state index in [2.05, 4.69) is 4.98 Å². The number of benzene rings is 2. The SMILES string of the molecule is Oc1cc(O)cc(-c2cnc3cc(O)ccc3c2)c1. The average molecular weight is 253 g/mol. The maximum absolute atomic E-state index is 9.49. The van der Waals surface area contributed by atoms with Crippen LogP contribution in [0.4, 0.5) is 0 Å². The summed E-state index contributed by atoms with van der Waals surface area (Å²) in [6, 6.07) is 11.2. The molecule has 1 heterocycles. The molecular formula is C15H11NO3. The first-order chi connectivity index (χ1) is 9.11. The summed E-state index contributed by atoms with van der Waals surface area (Å²) < 4.78 is 0. The predicted octanol–water partition coefficient (Wildman–Crippen LogP) is 3.02. The minimum atomic E-state index is 0.000744. The Kier molecular flexibility index (Phi) is 2.49. The Morgan fingerprint density at radius 1 is 0.684 bits per heavy atom. The fraction of sp³-hybridized carbons (Fsp3) is 0. The highest BCUT2D eigenvalue weighted by Crippen LogP contribution is 2.30. The van der Waals surface area contributed by atoms with Crippen LogP contribution in [-0.2, 0) is 0 Å². The summed E-state index contributed by atoms with van der Waals surface area (Å²) in [5.41, 5.74) is 2.15. The zero-order valence-corrected chi connectivity index (χ0v) is 9.91. The van der Waals surface area contributed by atoms with E-state index in [4.69, 9.17) is 0 Å². The van der Waals surface area contributed by atoms with Crippen molar-refractivity contribution in [2.24, 2.45) is 0 Å². The summed E-state index contributed by atoms with van der Waals surface area (Å²) in [4.78, 5) is 4.25. The molecule has 0 saturated carbocycles. The zero-order valence-electron chi connectivity index (χ0n) is 9.91. The van der Waals surface area contributed by atoms with Crippen molar-refractivity contribution in [1.82, 2.24) is 4.98 Å². The third-order valence-electron chi connectivity index (χ3n) is 2.90. The van der Waals surface area contributed by atoms with Gasteiger partial charge in [-0.2, -0.15) is 0 Å². The predicted molar refractivity (Wildman–Crippen MR) is 72.2 cm³/mol. The molecule has 1 aromatic heterocycles. The van der Waals surface area contributed by atoms with Crippen LogP contribution < -0.4 is 0 Å². The lowest BCUT2D eigenvalue weighted by molar-refractivity contribution is 0.451. The van der Waals surface area contributed by atoms with Crippen molar-refractivity contribution in [1.29, 1.82) is 0 Å². The highest BCUT2D eigenvalue weighted by atomic mass is 16.3. The summed E-state index contributed by atoms with van der Waals surface area (Å²) in [5, 5.41) is 29.2. The normalized spacial score (nSPS) is 10.7. The molecule has 3 N–H and O–H groups in total. The third kappa shape index (κ3) is 2.15. The molecule has 94 valence electrons. The van der Waals surface area contributed by atoms with E-state index in [0.717, 1.165) is 10.9 Å². The number of aromatic hydroxyl groups is 3. The Morgan fingerprint density at radius 2 is 1.42 bits per heavy atom. The molecule has 0 unspecified atom stereocenters. The van der Waals surface area contributed by atoms with E-state index in [1.807, 2.05) is 6.07 Å². The third-order valence-corrected chi connectivity index (χ3v) is 2.90. The van der Waals surface area contributed by atoms with E-state index >= 15 is 0 Å². The molecule has 19 heavy (non-hydrogen) atoms. The van der Waals surface area contributed by atoms with Gasteiger partial charge in [0, 0.05) is 29.3 Å². The van der Waals surface area contributed by atoms with E-state index in [-0.39, 0.29) is 17.2 Å². The molecule has 3 aromatic rings. The van der Waals surface area contributed by atoms with Gasteiger partial charge in [0.2, 0.25) is 0 Å². The van der Waals surface area contributed by atoms with Gasteiger partial charge in [-0.05, 0) is 35.9 Å². The van der Waals surface area contributed by atoms with Gasteiger partial charge < -0.3 is 15.3 Å². The molecule has 0 aliphatic rings. The maximum atomic E-state index is 9.49. The molecule has 0 fully saturated rings.